The summed E-state index contributed by atoms with van der Waals surface area (Å²) in [6.07, 6.45) is 8.22. The molecule has 3 aliphatic rings. The van der Waals surface area contributed by atoms with Gasteiger partial charge in [0.1, 0.15) is 18.1 Å². The zero-order valence-electron chi connectivity index (χ0n) is 21.3. The number of carbonyl (C=O) groups excluding carboxylic acids is 2. The third-order valence-electron chi connectivity index (χ3n) is 8.25. The van der Waals surface area contributed by atoms with E-state index >= 15 is 0 Å². The monoisotopic (exact) mass is 492 g/mol. The normalized spacial score (nSPS) is 22.9. The van der Waals surface area contributed by atoms with Gasteiger partial charge in [-0.1, -0.05) is 66.7 Å². The molecular weight excluding hydrogens is 460 g/mol. The smallest absolute Gasteiger partial charge is 0.255 e. The van der Waals surface area contributed by atoms with Crippen molar-refractivity contribution in [2.45, 2.75) is 37.3 Å². The van der Waals surface area contributed by atoms with Gasteiger partial charge in [0.25, 0.3) is 5.91 Å². The Morgan fingerprint density at radius 2 is 1.76 bits per heavy atom. The van der Waals surface area contributed by atoms with E-state index in [0.29, 0.717) is 35.5 Å². The maximum atomic E-state index is 13.2. The highest BCUT2D eigenvalue weighted by Crippen LogP contribution is 2.53. The highest BCUT2D eigenvalue weighted by molar-refractivity contribution is 5.98. The molecule has 0 saturated carbocycles. The van der Waals surface area contributed by atoms with Crippen molar-refractivity contribution in [1.82, 2.24) is 10.2 Å². The van der Waals surface area contributed by atoms with Crippen LogP contribution in [0.15, 0.2) is 72.8 Å². The van der Waals surface area contributed by atoms with Crippen LogP contribution in [0, 0.1) is 5.92 Å². The number of hydrogen-bond donors (Lipinski definition) is 1. The molecule has 1 unspecified atom stereocenters. The topological polar surface area (TPSA) is 58.6 Å². The van der Waals surface area contributed by atoms with Crippen molar-refractivity contribution in [2.24, 2.45) is 5.92 Å². The summed E-state index contributed by atoms with van der Waals surface area (Å²) in [7, 11) is 4.32. The number of nitrogens with one attached hydrogen (secondary N) is 1. The molecule has 0 fully saturated rings. The molecule has 0 saturated heterocycles. The first-order valence-electron chi connectivity index (χ1n) is 13.1. The standard InChI is InChI=1S/C32H32N2O3/c1-34(2)27-18-24-14-15-26(31-29(24)30-25(27)4-3-5-28(30)37-31)32(36)33-17-16-20-6-10-22(11-7-20)23-12-8-21(19-35)9-13-23/h3-4,6-15,19,25,27-28,30H,5,16-18H2,1-2H3,(H,33,36)/t25-,27+,28+,30?/m0/s1. The van der Waals surface area contributed by atoms with Crippen LogP contribution in [0.2, 0.25) is 0 Å². The minimum Gasteiger partial charge on any atom is -0.488 e. The van der Waals surface area contributed by atoms with E-state index in [9.17, 15) is 9.59 Å². The lowest BCUT2D eigenvalue weighted by atomic mass is 9.67. The number of rotatable bonds is 7. The van der Waals surface area contributed by atoms with E-state index in [4.69, 9.17) is 4.74 Å². The van der Waals surface area contributed by atoms with Crippen molar-refractivity contribution in [3.63, 3.8) is 0 Å². The summed E-state index contributed by atoms with van der Waals surface area (Å²) in [5, 5.41) is 3.12. The number of hydrogen-bond acceptors (Lipinski definition) is 4. The van der Waals surface area contributed by atoms with E-state index in [1.54, 1.807) is 0 Å². The molecule has 1 amide bonds. The van der Waals surface area contributed by atoms with Gasteiger partial charge in [0.15, 0.2) is 0 Å². The zero-order valence-corrected chi connectivity index (χ0v) is 21.3. The first kappa shape index (κ1) is 23.7. The number of benzene rings is 3. The summed E-state index contributed by atoms with van der Waals surface area (Å²) in [5.41, 5.74) is 7.26. The summed E-state index contributed by atoms with van der Waals surface area (Å²) in [4.78, 5) is 26.4. The van der Waals surface area contributed by atoms with Gasteiger partial charge in [-0.15, -0.1) is 0 Å². The molecular formula is C32H32N2O3. The van der Waals surface area contributed by atoms with Gasteiger partial charge in [-0.2, -0.15) is 0 Å². The Bertz CT molecular complexity index is 1360. The molecule has 6 rings (SSSR count). The Morgan fingerprint density at radius 1 is 1.03 bits per heavy atom. The molecule has 4 atom stereocenters. The molecule has 188 valence electrons. The van der Waals surface area contributed by atoms with Crippen molar-refractivity contribution in [3.8, 4) is 16.9 Å². The largest absolute Gasteiger partial charge is 0.488 e. The van der Waals surface area contributed by atoms with Crippen LogP contribution in [0.5, 0.6) is 5.75 Å². The van der Waals surface area contributed by atoms with Gasteiger partial charge in [0.2, 0.25) is 0 Å². The summed E-state index contributed by atoms with van der Waals surface area (Å²) in [6, 6.07) is 20.5. The van der Waals surface area contributed by atoms with E-state index in [0.717, 1.165) is 48.0 Å². The highest BCUT2D eigenvalue weighted by Gasteiger charge is 2.49. The quantitative estimate of drug-likeness (QED) is 0.371. The van der Waals surface area contributed by atoms with Gasteiger partial charge in [-0.25, -0.2) is 0 Å². The van der Waals surface area contributed by atoms with Crippen LogP contribution >= 0.6 is 0 Å². The fraction of sp³-hybridized carbons (Fsp3) is 0.312. The van der Waals surface area contributed by atoms with Gasteiger partial charge in [0.05, 0.1) is 5.56 Å². The van der Waals surface area contributed by atoms with Gasteiger partial charge in [-0.3, -0.25) is 9.59 Å². The Hall–Kier alpha value is -3.70. The maximum Gasteiger partial charge on any atom is 0.255 e. The first-order valence-corrected chi connectivity index (χ1v) is 13.1. The summed E-state index contributed by atoms with van der Waals surface area (Å²) >= 11 is 0. The fourth-order valence-electron chi connectivity index (χ4n) is 6.31. The SMILES string of the molecule is CN(C)[C@@H]1Cc2ccc(C(=O)NCCc3ccc(-c4ccc(C=O)cc4)cc3)c3c2C2[C@H]1C=CC[C@H]2O3. The fourth-order valence-corrected chi connectivity index (χ4v) is 6.31. The van der Waals surface area contributed by atoms with Crippen molar-refractivity contribution < 1.29 is 14.3 Å². The minimum absolute atomic E-state index is 0.0671. The summed E-state index contributed by atoms with van der Waals surface area (Å²) in [5.74, 6) is 1.49. The van der Waals surface area contributed by atoms with Crippen LogP contribution < -0.4 is 10.1 Å². The molecule has 0 spiro atoms. The predicted octanol–water partition coefficient (Wildman–Crippen LogP) is 5.05. The highest BCUT2D eigenvalue weighted by atomic mass is 16.5. The lowest BCUT2D eigenvalue weighted by Crippen LogP contribution is -2.45. The molecule has 0 radical (unpaired) electrons. The van der Waals surface area contributed by atoms with Gasteiger partial charge < -0.3 is 15.0 Å². The Kier molecular flexibility index (Phi) is 6.17. The Balaban J connectivity index is 1.13. The van der Waals surface area contributed by atoms with E-state index in [-0.39, 0.29) is 12.0 Å². The second-order valence-corrected chi connectivity index (χ2v) is 10.6. The van der Waals surface area contributed by atoms with Crippen molar-refractivity contribution in [1.29, 1.82) is 0 Å². The lowest BCUT2D eigenvalue weighted by molar-refractivity contribution is 0.0945. The van der Waals surface area contributed by atoms with Gasteiger partial charge in [-0.05, 0) is 55.3 Å². The molecule has 1 aliphatic heterocycles. The van der Waals surface area contributed by atoms with Crippen LogP contribution in [-0.4, -0.2) is 49.9 Å². The maximum absolute atomic E-state index is 13.2. The average Bonchev–Trinajstić information content (AvgIpc) is 3.32. The van der Waals surface area contributed by atoms with Crippen LogP contribution in [0.25, 0.3) is 11.1 Å². The second-order valence-electron chi connectivity index (χ2n) is 10.6. The molecule has 1 heterocycles. The second kappa shape index (κ2) is 9.64. The average molecular weight is 493 g/mol. The molecule has 5 heteroatoms. The molecule has 1 N–H and O–H groups in total. The third-order valence-corrected chi connectivity index (χ3v) is 8.25. The number of amides is 1. The van der Waals surface area contributed by atoms with Crippen molar-refractivity contribution in [2.75, 3.05) is 20.6 Å². The Morgan fingerprint density at radius 3 is 2.46 bits per heavy atom. The number of aldehydes is 1. The molecule has 3 aromatic carbocycles. The third kappa shape index (κ3) is 4.27. The van der Waals surface area contributed by atoms with E-state index in [2.05, 4.69) is 66.8 Å². The molecule has 5 nitrogen and oxygen atoms in total. The van der Waals surface area contributed by atoms with E-state index in [1.165, 1.54) is 11.1 Å². The summed E-state index contributed by atoms with van der Waals surface area (Å²) < 4.78 is 6.47. The predicted molar refractivity (Wildman–Crippen MR) is 145 cm³/mol. The van der Waals surface area contributed by atoms with E-state index < -0.39 is 0 Å². The van der Waals surface area contributed by atoms with Crippen LogP contribution in [-0.2, 0) is 12.8 Å². The molecule has 37 heavy (non-hydrogen) atoms. The van der Waals surface area contributed by atoms with Gasteiger partial charge >= 0.3 is 0 Å². The number of ether oxygens (including phenoxy) is 1. The van der Waals surface area contributed by atoms with Crippen molar-refractivity contribution in [3.05, 3.63) is 101 Å². The van der Waals surface area contributed by atoms with Gasteiger partial charge in [0, 0.05) is 42.0 Å². The van der Waals surface area contributed by atoms with Crippen LogP contribution in [0.3, 0.4) is 0 Å². The lowest BCUT2D eigenvalue weighted by Gasteiger charge is -2.42. The number of nitrogens with zero attached hydrogens (tertiary/aromatic N) is 1. The molecule has 3 aromatic rings. The van der Waals surface area contributed by atoms with E-state index in [1.807, 2.05) is 30.3 Å². The number of carbonyl (C=O) groups is 2. The van der Waals surface area contributed by atoms with Crippen LogP contribution in [0.4, 0.5) is 0 Å². The number of likely N-dealkylation sites (N-methyl/N-ethyl adjacent to an activating group) is 1. The zero-order chi connectivity index (χ0) is 25.5. The summed E-state index contributed by atoms with van der Waals surface area (Å²) in [6.45, 7) is 0.558. The van der Waals surface area contributed by atoms with Crippen molar-refractivity contribution >= 4 is 12.2 Å². The molecule has 0 aromatic heterocycles. The molecule has 0 bridgehead atoms. The first-order chi connectivity index (χ1) is 18.0. The Labute approximate surface area is 218 Å². The van der Waals surface area contributed by atoms with Crippen LogP contribution in [0.1, 0.15) is 49.7 Å². The minimum atomic E-state index is -0.0671. The molecule has 2 aliphatic carbocycles.